The Balaban J connectivity index is 3.39. The van der Waals surface area contributed by atoms with Crippen LogP contribution in [0.3, 0.4) is 0 Å². The monoisotopic (exact) mass is 145 g/mol. The van der Waals surface area contributed by atoms with Crippen molar-refractivity contribution in [3.63, 3.8) is 0 Å². The Bertz CT molecular complexity index is 120. The molecule has 0 aliphatic rings. The van der Waals surface area contributed by atoms with Gasteiger partial charge < -0.3 is 0 Å². The van der Waals surface area contributed by atoms with E-state index >= 15 is 0 Å². The van der Waals surface area contributed by atoms with Crippen LogP contribution in [0.25, 0.3) is 0 Å². The van der Waals surface area contributed by atoms with Crippen LogP contribution in [0, 0.1) is 6.92 Å². The first-order valence-corrected chi connectivity index (χ1v) is 3.96. The Morgan fingerprint density at radius 3 is 2.44 bits per heavy atom. The summed E-state index contributed by atoms with van der Waals surface area (Å²) in [6.45, 7) is 2.99. The Morgan fingerprint density at radius 2 is 2.11 bits per heavy atom. The van der Waals surface area contributed by atoms with Gasteiger partial charge in [-0.3, -0.25) is 9.59 Å². The van der Waals surface area contributed by atoms with Crippen LogP contribution < -0.4 is 0 Å². The lowest BCUT2D eigenvalue weighted by atomic mass is 10.2. The molecule has 0 amide bonds. The Hall–Kier alpha value is -0.310. The molecule has 0 saturated heterocycles. The van der Waals surface area contributed by atoms with E-state index in [0.29, 0.717) is 12.2 Å². The molecule has 0 bridgehead atoms. The summed E-state index contributed by atoms with van der Waals surface area (Å²) >= 11 is 1.55. The highest BCUT2D eigenvalue weighted by molar-refractivity contribution is 7.98. The van der Waals surface area contributed by atoms with Crippen LogP contribution in [0.15, 0.2) is 0 Å². The van der Waals surface area contributed by atoms with E-state index in [-0.39, 0.29) is 5.78 Å². The van der Waals surface area contributed by atoms with Crippen LogP contribution in [-0.4, -0.2) is 23.6 Å². The Morgan fingerprint density at radius 1 is 1.56 bits per heavy atom. The van der Waals surface area contributed by atoms with Gasteiger partial charge in [0.05, 0.1) is 0 Å². The number of hydrogen-bond donors (Lipinski definition) is 0. The van der Waals surface area contributed by atoms with Crippen molar-refractivity contribution in [3.05, 3.63) is 6.92 Å². The SMILES string of the molecule is [CH2]C(=O)C(=O)CCSC. The number of ketones is 2. The fraction of sp³-hybridized carbons (Fsp3) is 0.500. The molecule has 2 nitrogen and oxygen atoms in total. The molecule has 0 heterocycles. The minimum Gasteiger partial charge on any atom is -0.291 e. The van der Waals surface area contributed by atoms with Crippen LogP contribution in [0.2, 0.25) is 0 Å². The highest BCUT2D eigenvalue weighted by Gasteiger charge is 2.05. The van der Waals surface area contributed by atoms with Crippen molar-refractivity contribution in [2.24, 2.45) is 0 Å². The summed E-state index contributed by atoms with van der Waals surface area (Å²) in [5.74, 6) is -0.242. The van der Waals surface area contributed by atoms with Gasteiger partial charge in [0.25, 0.3) is 0 Å². The molecule has 0 aliphatic heterocycles. The number of Topliss-reactive ketones (excluding diaryl/α,β-unsaturated/α-hetero) is 2. The number of carbonyl (C=O) groups is 2. The topological polar surface area (TPSA) is 34.1 Å². The predicted octanol–water partition coefficient (Wildman–Crippen LogP) is 0.712. The second kappa shape index (κ2) is 4.56. The largest absolute Gasteiger partial charge is 0.291 e. The molecule has 1 radical (unpaired) electrons. The first-order chi connectivity index (χ1) is 4.18. The molecule has 0 saturated carbocycles. The normalized spacial score (nSPS) is 9.11. The summed E-state index contributed by atoms with van der Waals surface area (Å²) in [4.78, 5) is 20.7. The van der Waals surface area contributed by atoms with Crippen molar-refractivity contribution in [2.45, 2.75) is 6.42 Å². The number of hydrogen-bond acceptors (Lipinski definition) is 3. The average molecular weight is 145 g/mol. The van der Waals surface area contributed by atoms with Crippen molar-refractivity contribution in [1.29, 1.82) is 0 Å². The molecule has 0 aromatic carbocycles. The quantitative estimate of drug-likeness (QED) is 0.546. The lowest BCUT2D eigenvalue weighted by molar-refractivity contribution is -0.133. The molecule has 0 aromatic rings. The third kappa shape index (κ3) is 4.21. The molecule has 3 heteroatoms. The summed E-state index contributed by atoms with van der Waals surface area (Å²) in [5, 5.41) is 0. The van der Waals surface area contributed by atoms with Crippen LogP contribution >= 0.6 is 11.8 Å². The number of thioether (sulfide) groups is 1. The van der Waals surface area contributed by atoms with Gasteiger partial charge in [-0.1, -0.05) is 0 Å². The zero-order valence-corrected chi connectivity index (χ0v) is 6.16. The Kier molecular flexibility index (Phi) is 4.40. The Labute approximate surface area is 59.0 Å². The van der Waals surface area contributed by atoms with Crippen molar-refractivity contribution in [3.8, 4) is 0 Å². The number of carbonyl (C=O) groups excluding carboxylic acids is 2. The standard InChI is InChI=1S/C6H9O2S/c1-5(7)6(8)3-4-9-2/h1,3-4H2,2H3. The van der Waals surface area contributed by atoms with Crippen molar-refractivity contribution < 1.29 is 9.59 Å². The summed E-state index contributed by atoms with van der Waals surface area (Å²) in [6.07, 6.45) is 2.21. The van der Waals surface area contributed by atoms with E-state index in [1.165, 1.54) is 0 Å². The average Bonchev–Trinajstić information content (AvgIpc) is 1.82. The first kappa shape index (κ1) is 8.69. The maximum absolute atomic E-state index is 10.5. The lowest BCUT2D eigenvalue weighted by Gasteiger charge is -1.90. The molecular formula is C6H9O2S. The third-order valence-corrected chi connectivity index (χ3v) is 1.46. The van der Waals surface area contributed by atoms with Gasteiger partial charge in [0.2, 0.25) is 0 Å². The smallest absolute Gasteiger partial charge is 0.199 e. The molecule has 0 aromatic heterocycles. The van der Waals surface area contributed by atoms with Crippen molar-refractivity contribution in [1.82, 2.24) is 0 Å². The molecule has 9 heavy (non-hydrogen) atoms. The van der Waals surface area contributed by atoms with Crippen molar-refractivity contribution in [2.75, 3.05) is 12.0 Å². The van der Waals surface area contributed by atoms with Gasteiger partial charge in [0.1, 0.15) is 0 Å². The second-order valence-corrected chi connectivity index (χ2v) is 2.57. The summed E-state index contributed by atoms with van der Waals surface area (Å²) in [5.41, 5.74) is 0. The maximum atomic E-state index is 10.5. The molecule has 0 N–H and O–H groups in total. The molecule has 0 unspecified atom stereocenters. The van der Waals surface area contributed by atoms with Crippen LogP contribution in [0.1, 0.15) is 6.42 Å². The number of rotatable bonds is 4. The minimum atomic E-state index is -0.580. The van der Waals surface area contributed by atoms with E-state index in [4.69, 9.17) is 0 Å². The molecule has 0 atom stereocenters. The second-order valence-electron chi connectivity index (χ2n) is 1.59. The van der Waals surface area contributed by atoms with Gasteiger partial charge in [-0.15, -0.1) is 0 Å². The summed E-state index contributed by atoms with van der Waals surface area (Å²) in [6, 6.07) is 0. The predicted molar refractivity (Wildman–Crippen MR) is 38.4 cm³/mol. The summed E-state index contributed by atoms with van der Waals surface area (Å²) in [7, 11) is 0. The fourth-order valence-corrected chi connectivity index (χ4v) is 0.724. The molecular weight excluding hydrogens is 136 g/mol. The van der Waals surface area contributed by atoms with E-state index in [2.05, 4.69) is 6.92 Å². The molecule has 0 fully saturated rings. The third-order valence-electron chi connectivity index (χ3n) is 0.844. The molecule has 0 aliphatic carbocycles. The first-order valence-electron chi connectivity index (χ1n) is 2.56. The van der Waals surface area contributed by atoms with E-state index in [1.807, 2.05) is 6.26 Å². The lowest BCUT2D eigenvalue weighted by Crippen LogP contribution is -2.09. The van der Waals surface area contributed by atoms with Crippen molar-refractivity contribution >= 4 is 23.3 Å². The van der Waals surface area contributed by atoms with E-state index < -0.39 is 5.78 Å². The van der Waals surface area contributed by atoms with Gasteiger partial charge >= 0.3 is 0 Å². The van der Waals surface area contributed by atoms with E-state index in [1.54, 1.807) is 11.8 Å². The van der Waals surface area contributed by atoms with Gasteiger partial charge in [-0.25, -0.2) is 0 Å². The molecule has 51 valence electrons. The maximum Gasteiger partial charge on any atom is 0.199 e. The summed E-state index contributed by atoms with van der Waals surface area (Å²) < 4.78 is 0. The molecule has 0 spiro atoms. The van der Waals surface area contributed by atoms with Gasteiger partial charge in [0, 0.05) is 19.1 Å². The van der Waals surface area contributed by atoms with E-state index in [9.17, 15) is 9.59 Å². The minimum absolute atomic E-state index is 0.323. The van der Waals surface area contributed by atoms with Gasteiger partial charge in [-0.2, -0.15) is 11.8 Å². The fourth-order valence-electron chi connectivity index (χ4n) is 0.334. The van der Waals surface area contributed by atoms with Gasteiger partial charge in [0.15, 0.2) is 11.6 Å². The highest BCUT2D eigenvalue weighted by atomic mass is 32.2. The van der Waals surface area contributed by atoms with E-state index in [0.717, 1.165) is 0 Å². The van der Waals surface area contributed by atoms with Crippen LogP contribution in [0.4, 0.5) is 0 Å². The van der Waals surface area contributed by atoms with Crippen LogP contribution in [-0.2, 0) is 9.59 Å². The van der Waals surface area contributed by atoms with Gasteiger partial charge in [-0.05, 0) is 6.26 Å². The zero-order chi connectivity index (χ0) is 7.28. The highest BCUT2D eigenvalue weighted by Crippen LogP contribution is 1.95. The molecule has 0 rings (SSSR count). The zero-order valence-electron chi connectivity index (χ0n) is 5.35. The van der Waals surface area contributed by atoms with Crippen LogP contribution in [0.5, 0.6) is 0 Å².